The summed E-state index contributed by atoms with van der Waals surface area (Å²) < 4.78 is 1.84. The fourth-order valence-electron chi connectivity index (χ4n) is 3.33. The number of anilines is 1. The number of carbonyl (C=O) groups is 1. The van der Waals surface area contributed by atoms with Crippen molar-refractivity contribution in [2.75, 3.05) is 11.9 Å². The van der Waals surface area contributed by atoms with Gasteiger partial charge in [0.2, 0.25) is 0 Å². The van der Waals surface area contributed by atoms with Crippen LogP contribution in [0.3, 0.4) is 0 Å². The summed E-state index contributed by atoms with van der Waals surface area (Å²) in [4.78, 5) is 12.5. The minimum absolute atomic E-state index is 0.0959. The normalized spacial score (nSPS) is 13.3. The van der Waals surface area contributed by atoms with E-state index in [1.54, 1.807) is 6.20 Å². The van der Waals surface area contributed by atoms with Crippen molar-refractivity contribution in [1.29, 1.82) is 0 Å². The largest absolute Gasteiger partial charge is 0.319 e. The van der Waals surface area contributed by atoms with Gasteiger partial charge in [0.25, 0.3) is 5.91 Å². The van der Waals surface area contributed by atoms with Crippen LogP contribution in [0.15, 0.2) is 54.9 Å². The third kappa shape index (κ3) is 3.68. The first-order valence-electron chi connectivity index (χ1n) is 8.89. The Bertz CT molecular complexity index is 945. The Morgan fingerprint density at radius 1 is 1.23 bits per heavy atom. The molecule has 0 fully saturated rings. The number of aryl methyl sites for hydroxylation is 1. The van der Waals surface area contributed by atoms with E-state index in [0.29, 0.717) is 17.8 Å². The topological polar surface area (TPSA) is 59.0 Å². The lowest BCUT2D eigenvalue weighted by molar-refractivity contribution is 0.102. The second kappa shape index (κ2) is 7.14. The predicted octanol–water partition coefficient (Wildman–Crippen LogP) is 3.14. The van der Waals surface area contributed by atoms with Gasteiger partial charge in [-0.2, -0.15) is 5.10 Å². The van der Waals surface area contributed by atoms with Crippen molar-refractivity contribution in [3.05, 3.63) is 82.7 Å². The van der Waals surface area contributed by atoms with Gasteiger partial charge in [0.15, 0.2) is 0 Å². The van der Waals surface area contributed by atoms with Crippen LogP contribution in [0.25, 0.3) is 0 Å². The maximum atomic E-state index is 12.5. The molecule has 1 amide bonds. The number of nitrogens with one attached hydrogen (secondary N) is 2. The minimum atomic E-state index is -0.0959. The standard InChI is InChI=1S/C21H22N4O/c1-15-3-2-4-16(9-15)13-25-14-20(12-23-25)24-21(26)18-5-6-19-11-22-8-7-17(19)10-18/h2-6,9-10,12,14,22H,7-8,11,13H2,1H3,(H,24,26). The molecule has 0 atom stereocenters. The Morgan fingerprint density at radius 3 is 3.04 bits per heavy atom. The van der Waals surface area contributed by atoms with Crippen molar-refractivity contribution in [3.63, 3.8) is 0 Å². The van der Waals surface area contributed by atoms with Gasteiger partial charge < -0.3 is 10.6 Å². The summed E-state index contributed by atoms with van der Waals surface area (Å²) in [5, 5.41) is 10.6. The van der Waals surface area contributed by atoms with Gasteiger partial charge in [0.05, 0.1) is 18.4 Å². The highest BCUT2D eigenvalue weighted by Crippen LogP contribution is 2.17. The first-order valence-corrected chi connectivity index (χ1v) is 8.89. The zero-order chi connectivity index (χ0) is 17.9. The molecule has 3 aromatic rings. The first-order chi connectivity index (χ1) is 12.7. The molecule has 0 radical (unpaired) electrons. The van der Waals surface area contributed by atoms with Crippen molar-refractivity contribution in [2.45, 2.75) is 26.4 Å². The van der Waals surface area contributed by atoms with Gasteiger partial charge >= 0.3 is 0 Å². The minimum Gasteiger partial charge on any atom is -0.319 e. The molecule has 1 aromatic heterocycles. The number of amides is 1. The first kappa shape index (κ1) is 16.5. The van der Waals surface area contributed by atoms with Crippen LogP contribution in [0.5, 0.6) is 0 Å². The number of carbonyl (C=O) groups excluding carboxylic acids is 1. The number of fused-ring (bicyclic) bond motifs is 1. The quantitative estimate of drug-likeness (QED) is 0.763. The summed E-state index contributed by atoms with van der Waals surface area (Å²) in [7, 11) is 0. The Labute approximate surface area is 153 Å². The number of rotatable bonds is 4. The van der Waals surface area contributed by atoms with Crippen molar-refractivity contribution in [2.24, 2.45) is 0 Å². The van der Waals surface area contributed by atoms with Gasteiger partial charge in [-0.3, -0.25) is 9.48 Å². The highest BCUT2D eigenvalue weighted by Gasteiger charge is 2.13. The molecule has 0 saturated carbocycles. The molecule has 0 saturated heterocycles. The molecular formula is C21H22N4O. The lowest BCUT2D eigenvalue weighted by atomic mass is 9.98. The lowest BCUT2D eigenvalue weighted by Crippen LogP contribution is -2.24. The van der Waals surface area contributed by atoms with E-state index in [0.717, 1.165) is 19.5 Å². The molecule has 0 spiro atoms. The number of nitrogens with zero attached hydrogens (tertiary/aromatic N) is 2. The maximum Gasteiger partial charge on any atom is 0.255 e. The van der Waals surface area contributed by atoms with Gasteiger partial charge in [0, 0.05) is 18.3 Å². The monoisotopic (exact) mass is 346 g/mol. The molecule has 0 unspecified atom stereocenters. The van der Waals surface area contributed by atoms with E-state index in [4.69, 9.17) is 0 Å². The Morgan fingerprint density at radius 2 is 2.15 bits per heavy atom. The molecular weight excluding hydrogens is 324 g/mol. The van der Waals surface area contributed by atoms with E-state index in [9.17, 15) is 4.79 Å². The molecule has 5 nitrogen and oxygen atoms in total. The maximum absolute atomic E-state index is 12.5. The van der Waals surface area contributed by atoms with Crippen molar-refractivity contribution < 1.29 is 4.79 Å². The summed E-state index contributed by atoms with van der Waals surface area (Å²) >= 11 is 0. The average Bonchev–Trinajstić information content (AvgIpc) is 3.08. The smallest absolute Gasteiger partial charge is 0.255 e. The number of aromatic nitrogens is 2. The molecule has 5 heteroatoms. The Hall–Kier alpha value is -2.92. The molecule has 0 bridgehead atoms. The average molecular weight is 346 g/mol. The van der Waals surface area contributed by atoms with Crippen LogP contribution in [0, 0.1) is 6.92 Å². The highest BCUT2D eigenvalue weighted by molar-refractivity contribution is 6.04. The third-order valence-electron chi connectivity index (χ3n) is 4.67. The SMILES string of the molecule is Cc1cccc(Cn2cc(NC(=O)c3ccc4c(c3)CCNC4)cn2)c1. The second-order valence-corrected chi connectivity index (χ2v) is 6.78. The Balaban J connectivity index is 1.44. The van der Waals surface area contributed by atoms with E-state index in [1.165, 1.54) is 22.3 Å². The van der Waals surface area contributed by atoms with E-state index in [1.807, 2.05) is 35.1 Å². The van der Waals surface area contributed by atoms with Crippen LogP contribution in [0.1, 0.15) is 32.6 Å². The zero-order valence-corrected chi connectivity index (χ0v) is 14.8. The summed E-state index contributed by atoms with van der Waals surface area (Å²) in [5.41, 5.74) is 6.35. The number of benzene rings is 2. The molecule has 26 heavy (non-hydrogen) atoms. The van der Waals surface area contributed by atoms with Gasteiger partial charge in [-0.15, -0.1) is 0 Å². The number of hydrogen-bond acceptors (Lipinski definition) is 3. The lowest BCUT2D eigenvalue weighted by Gasteiger charge is -2.17. The molecule has 4 rings (SSSR count). The van der Waals surface area contributed by atoms with Crippen molar-refractivity contribution >= 4 is 11.6 Å². The molecule has 1 aliphatic rings. The van der Waals surface area contributed by atoms with Gasteiger partial charge in [-0.25, -0.2) is 0 Å². The molecule has 0 aliphatic carbocycles. The Kier molecular flexibility index (Phi) is 4.54. The van der Waals surface area contributed by atoms with Crippen LogP contribution >= 0.6 is 0 Å². The van der Waals surface area contributed by atoms with Crippen LogP contribution in [-0.4, -0.2) is 22.2 Å². The fraction of sp³-hybridized carbons (Fsp3) is 0.238. The molecule has 132 valence electrons. The van der Waals surface area contributed by atoms with Gasteiger partial charge in [0.1, 0.15) is 0 Å². The van der Waals surface area contributed by atoms with Crippen LogP contribution in [-0.2, 0) is 19.5 Å². The molecule has 1 aliphatic heterocycles. The van der Waals surface area contributed by atoms with Crippen LogP contribution in [0.4, 0.5) is 5.69 Å². The van der Waals surface area contributed by atoms with E-state index < -0.39 is 0 Å². The predicted molar refractivity (Wildman–Crippen MR) is 102 cm³/mol. The molecule has 2 aromatic carbocycles. The summed E-state index contributed by atoms with van der Waals surface area (Å²) in [6.07, 6.45) is 4.52. The third-order valence-corrected chi connectivity index (χ3v) is 4.67. The summed E-state index contributed by atoms with van der Waals surface area (Å²) in [6.45, 7) is 4.60. The van der Waals surface area contributed by atoms with Crippen LogP contribution in [0.2, 0.25) is 0 Å². The van der Waals surface area contributed by atoms with Gasteiger partial charge in [-0.1, -0.05) is 35.9 Å². The molecule has 2 heterocycles. The summed E-state index contributed by atoms with van der Waals surface area (Å²) in [6, 6.07) is 14.3. The van der Waals surface area contributed by atoms with E-state index in [2.05, 4.69) is 40.9 Å². The van der Waals surface area contributed by atoms with Crippen molar-refractivity contribution in [1.82, 2.24) is 15.1 Å². The fourth-order valence-corrected chi connectivity index (χ4v) is 3.33. The second-order valence-electron chi connectivity index (χ2n) is 6.78. The highest BCUT2D eigenvalue weighted by atomic mass is 16.1. The van der Waals surface area contributed by atoms with Crippen LogP contribution < -0.4 is 10.6 Å². The van der Waals surface area contributed by atoms with Gasteiger partial charge in [-0.05, 0) is 48.7 Å². The molecule has 2 N–H and O–H groups in total. The van der Waals surface area contributed by atoms with E-state index in [-0.39, 0.29) is 5.91 Å². The zero-order valence-electron chi connectivity index (χ0n) is 14.8. The van der Waals surface area contributed by atoms with Crippen molar-refractivity contribution in [3.8, 4) is 0 Å². The van der Waals surface area contributed by atoms with E-state index >= 15 is 0 Å². The number of hydrogen-bond donors (Lipinski definition) is 2. The summed E-state index contributed by atoms with van der Waals surface area (Å²) in [5.74, 6) is -0.0959.